The molecular formula is C84H58N4. The Morgan fingerprint density at radius 2 is 0.591 bits per heavy atom. The third-order valence-electron chi connectivity index (χ3n) is 20.3. The van der Waals surface area contributed by atoms with Crippen molar-refractivity contribution in [1.29, 1.82) is 0 Å². The lowest BCUT2D eigenvalue weighted by molar-refractivity contribution is 0.660. The van der Waals surface area contributed by atoms with Crippen LogP contribution in [0.4, 0.5) is 34.1 Å². The van der Waals surface area contributed by atoms with Gasteiger partial charge in [0.25, 0.3) is 0 Å². The van der Waals surface area contributed by atoms with E-state index in [1.54, 1.807) is 0 Å². The summed E-state index contributed by atoms with van der Waals surface area (Å²) >= 11 is 0. The van der Waals surface area contributed by atoms with Crippen molar-refractivity contribution in [3.8, 4) is 44.5 Å². The molecule has 0 amide bonds. The zero-order chi connectivity index (χ0) is 58.3. The van der Waals surface area contributed by atoms with Crippen molar-refractivity contribution in [3.05, 3.63) is 301 Å². The molecule has 13 aromatic carbocycles. The van der Waals surface area contributed by atoms with Crippen LogP contribution in [0.25, 0.3) is 121 Å². The molecule has 0 unspecified atom stereocenters. The molecule has 0 spiro atoms. The van der Waals surface area contributed by atoms with Crippen LogP contribution in [-0.2, 0) is 10.8 Å². The highest BCUT2D eigenvalue weighted by Gasteiger charge is 2.38. The summed E-state index contributed by atoms with van der Waals surface area (Å²) in [4.78, 5) is 4.91. The fourth-order valence-corrected chi connectivity index (χ4v) is 16.4. The van der Waals surface area contributed by atoms with Gasteiger partial charge in [0.2, 0.25) is 0 Å². The number of para-hydroxylation sites is 4. The van der Waals surface area contributed by atoms with Gasteiger partial charge in [0, 0.05) is 99.2 Å². The maximum absolute atomic E-state index is 2.63. The first-order valence-electron chi connectivity index (χ1n) is 30.9. The Morgan fingerprint density at radius 3 is 1.01 bits per heavy atom. The van der Waals surface area contributed by atoms with Crippen molar-refractivity contribution in [1.82, 2.24) is 8.80 Å². The number of rotatable bonds is 8. The topological polar surface area (TPSA) is 15.3 Å². The second-order valence-electron chi connectivity index (χ2n) is 25.5. The van der Waals surface area contributed by atoms with E-state index < -0.39 is 0 Å². The minimum Gasteiger partial charge on any atom is -0.310 e. The highest BCUT2D eigenvalue weighted by Crippen LogP contribution is 2.57. The number of benzene rings is 13. The molecule has 0 radical (unpaired) electrons. The monoisotopic (exact) mass is 1120 g/mol. The van der Waals surface area contributed by atoms with Gasteiger partial charge in [0.1, 0.15) is 0 Å². The van der Waals surface area contributed by atoms with Crippen LogP contribution in [-0.4, -0.2) is 8.80 Å². The van der Waals surface area contributed by atoms with E-state index in [1.165, 1.54) is 143 Å². The maximum Gasteiger partial charge on any atom is 0.0634 e. The summed E-state index contributed by atoms with van der Waals surface area (Å²) in [5.74, 6) is 0. The molecule has 0 aliphatic heterocycles. The molecule has 4 nitrogen and oxygen atoms in total. The average Bonchev–Trinajstić information content (AvgIpc) is 1.62. The van der Waals surface area contributed by atoms with Crippen LogP contribution in [0.1, 0.15) is 49.9 Å². The maximum atomic E-state index is 2.63. The van der Waals surface area contributed by atoms with Crippen molar-refractivity contribution in [2.24, 2.45) is 0 Å². The first-order valence-corrected chi connectivity index (χ1v) is 30.9. The molecular weight excluding hydrogens is 1060 g/mol. The Labute approximate surface area is 510 Å². The molecule has 0 saturated carbocycles. The number of hydrogen-bond acceptors (Lipinski definition) is 2. The fourth-order valence-electron chi connectivity index (χ4n) is 16.4. The van der Waals surface area contributed by atoms with Crippen LogP contribution in [0, 0.1) is 0 Å². The lowest BCUT2D eigenvalue weighted by atomic mass is 9.82. The van der Waals surface area contributed by atoms with Crippen LogP contribution >= 0.6 is 0 Å². The standard InChI is InChI=1S/C84H58N4/c1-83(2)69-37-19-17-31-59(69)61-43-39-57(49-71(61)83)85(53-27-13-7-14-28-53)55-41-45-73-67(47-55)63-33-21-35-65-77-76(52-25-11-6-12-26-52)82-78(75(51-23-9-5-10-24-51)81(77)87(73)79(63)65)66-36-22-34-64-68-48-56(42-46-74(68)88(82)80(64)66)86(54-29-15-8-16-30-54)58-40-44-62-60-32-18-20-38-70(60)84(3,4)72(62)50-58/h5-50H,1-4H3. The largest absolute Gasteiger partial charge is 0.310 e. The van der Waals surface area contributed by atoms with E-state index in [0.29, 0.717) is 0 Å². The number of fused-ring (bicyclic) bond motifs is 18. The zero-order valence-corrected chi connectivity index (χ0v) is 49.3. The second kappa shape index (κ2) is 17.8. The molecule has 0 saturated heterocycles. The Hall–Kier alpha value is -10.9. The average molecular weight is 1120 g/mol. The molecule has 88 heavy (non-hydrogen) atoms. The van der Waals surface area contributed by atoms with Gasteiger partial charge in [-0.2, -0.15) is 0 Å². The minimum absolute atomic E-state index is 0.136. The van der Waals surface area contributed by atoms with E-state index in [-0.39, 0.29) is 10.8 Å². The van der Waals surface area contributed by atoms with E-state index >= 15 is 0 Å². The Morgan fingerprint density at radius 1 is 0.250 bits per heavy atom. The van der Waals surface area contributed by atoms with Gasteiger partial charge in [0.15, 0.2) is 0 Å². The van der Waals surface area contributed by atoms with Crippen molar-refractivity contribution >= 4 is 110 Å². The number of hydrogen-bond donors (Lipinski definition) is 0. The van der Waals surface area contributed by atoms with Crippen molar-refractivity contribution in [2.45, 2.75) is 38.5 Å². The van der Waals surface area contributed by atoms with Crippen molar-refractivity contribution in [2.75, 3.05) is 9.80 Å². The van der Waals surface area contributed by atoms with Gasteiger partial charge in [-0.05, 0) is 141 Å². The molecule has 2 aliphatic rings. The summed E-state index contributed by atoms with van der Waals surface area (Å²) in [6.45, 7) is 9.49. The summed E-state index contributed by atoms with van der Waals surface area (Å²) in [7, 11) is 0. The lowest BCUT2D eigenvalue weighted by Crippen LogP contribution is -2.16. The minimum atomic E-state index is -0.136. The van der Waals surface area contributed by atoms with Gasteiger partial charge in [0.05, 0.1) is 33.1 Å². The smallest absolute Gasteiger partial charge is 0.0634 e. The van der Waals surface area contributed by atoms with Gasteiger partial charge in [-0.1, -0.05) is 222 Å². The third kappa shape index (κ3) is 6.53. The Kier molecular flexibility index (Phi) is 9.99. The van der Waals surface area contributed by atoms with Crippen LogP contribution in [0.15, 0.2) is 279 Å². The van der Waals surface area contributed by atoms with Gasteiger partial charge >= 0.3 is 0 Å². The summed E-state index contributed by atoms with van der Waals surface area (Å²) in [5, 5.41) is 9.95. The van der Waals surface area contributed by atoms with Gasteiger partial charge in [-0.25, -0.2) is 0 Å². The van der Waals surface area contributed by atoms with E-state index in [2.05, 4.69) is 325 Å². The van der Waals surface area contributed by atoms with Gasteiger partial charge in [-0.3, -0.25) is 0 Å². The molecule has 2 aliphatic carbocycles. The molecule has 4 aromatic heterocycles. The third-order valence-corrected chi connectivity index (χ3v) is 20.3. The highest BCUT2D eigenvalue weighted by atomic mass is 15.1. The Bertz CT molecular complexity index is 5380. The normalized spacial score (nSPS) is 13.9. The van der Waals surface area contributed by atoms with Crippen LogP contribution < -0.4 is 9.80 Å². The molecule has 0 bridgehead atoms. The van der Waals surface area contributed by atoms with Crippen molar-refractivity contribution in [3.63, 3.8) is 0 Å². The van der Waals surface area contributed by atoms with Crippen LogP contribution in [0.5, 0.6) is 0 Å². The summed E-state index contributed by atoms with van der Waals surface area (Å²) in [6, 6.07) is 105. The second-order valence-corrected chi connectivity index (χ2v) is 25.5. The number of aromatic nitrogens is 2. The fraction of sp³-hybridized carbons (Fsp3) is 0.0714. The predicted molar refractivity (Wildman–Crippen MR) is 371 cm³/mol. The molecule has 19 rings (SSSR count). The first-order chi connectivity index (χ1) is 43.2. The molecule has 0 fully saturated rings. The van der Waals surface area contributed by atoms with Crippen LogP contribution in [0.2, 0.25) is 0 Å². The van der Waals surface area contributed by atoms with Crippen LogP contribution in [0.3, 0.4) is 0 Å². The Balaban J connectivity index is 0.872. The zero-order valence-electron chi connectivity index (χ0n) is 49.3. The highest BCUT2D eigenvalue weighted by molar-refractivity contribution is 6.38. The number of nitrogens with zero attached hydrogens (tertiary/aromatic N) is 4. The van der Waals surface area contributed by atoms with E-state index in [1.807, 2.05) is 0 Å². The quantitative estimate of drug-likeness (QED) is 0.151. The molecule has 0 atom stereocenters. The van der Waals surface area contributed by atoms with E-state index in [0.717, 1.165) is 34.1 Å². The van der Waals surface area contributed by atoms with E-state index in [9.17, 15) is 0 Å². The molecule has 0 N–H and O–H groups in total. The molecule has 4 heteroatoms. The molecule has 4 heterocycles. The first kappa shape index (κ1) is 49.3. The molecule has 17 aromatic rings. The predicted octanol–water partition coefficient (Wildman–Crippen LogP) is 22.9. The molecule has 414 valence electrons. The van der Waals surface area contributed by atoms with E-state index in [4.69, 9.17) is 0 Å². The lowest BCUT2D eigenvalue weighted by Gasteiger charge is -2.28. The van der Waals surface area contributed by atoms with Gasteiger partial charge < -0.3 is 18.6 Å². The van der Waals surface area contributed by atoms with Gasteiger partial charge in [-0.15, -0.1) is 0 Å². The number of anilines is 6. The summed E-state index contributed by atoms with van der Waals surface area (Å²) < 4.78 is 5.26. The SMILES string of the molecule is CC1(C)c2ccccc2-c2ccc(N(c3ccccc3)c3ccc4c(c3)c3cccc5c6c(-c7ccccc7)c7c(c(-c8ccccc8)c6n4c35)c3cccc4c5cc(N(c6ccccc6)c6ccc8c(c6)C(C)(C)c6ccccc6-8)ccc5n7c43)cc21. The summed E-state index contributed by atoms with van der Waals surface area (Å²) in [5.41, 5.74) is 29.5. The van der Waals surface area contributed by atoms with Crippen molar-refractivity contribution < 1.29 is 0 Å². The summed E-state index contributed by atoms with van der Waals surface area (Å²) in [6.07, 6.45) is 0.